The fraction of sp³-hybridized carbons (Fsp3) is 0.0588. The van der Waals surface area contributed by atoms with Gasteiger partial charge in [0, 0.05) is 22.1 Å². The summed E-state index contributed by atoms with van der Waals surface area (Å²) in [6.07, 6.45) is 0. The molecule has 0 fully saturated rings. The Hall–Kier alpha value is -6.64. The van der Waals surface area contributed by atoms with Gasteiger partial charge in [0.25, 0.3) is 0 Å². The van der Waals surface area contributed by atoms with Crippen molar-refractivity contribution in [3.05, 3.63) is 193 Å². The molecule has 53 heavy (non-hydrogen) atoms. The maximum atomic E-state index is 5.17. The van der Waals surface area contributed by atoms with E-state index in [1.54, 1.807) is 0 Å². The van der Waals surface area contributed by atoms with Crippen LogP contribution in [0.3, 0.4) is 0 Å². The second kappa shape index (κ2) is 12.3. The van der Waals surface area contributed by atoms with Gasteiger partial charge in [0.1, 0.15) is 0 Å². The molecule has 1 aromatic heterocycles. The van der Waals surface area contributed by atoms with Gasteiger partial charge >= 0.3 is 0 Å². The van der Waals surface area contributed by atoms with Crippen LogP contribution in [0, 0.1) is 0 Å². The third-order valence-electron chi connectivity index (χ3n) is 11.1. The van der Waals surface area contributed by atoms with Crippen LogP contribution in [-0.4, -0.2) is 9.97 Å². The first kappa shape index (κ1) is 31.1. The predicted molar refractivity (Wildman–Crippen MR) is 222 cm³/mol. The highest BCUT2D eigenvalue weighted by atomic mass is 14.9. The topological polar surface area (TPSA) is 25.8 Å². The molecular formula is C51H36N2. The van der Waals surface area contributed by atoms with Crippen LogP contribution < -0.4 is 0 Å². The number of nitrogens with zero attached hydrogens (tertiary/aromatic N) is 2. The van der Waals surface area contributed by atoms with Crippen LogP contribution in [0.5, 0.6) is 0 Å². The lowest BCUT2D eigenvalue weighted by molar-refractivity contribution is 0.666. The average Bonchev–Trinajstić information content (AvgIpc) is 3.46. The highest BCUT2D eigenvalue weighted by Gasteiger charge is 2.37. The summed E-state index contributed by atoms with van der Waals surface area (Å²) in [5.41, 5.74) is 15.2. The number of aromatic nitrogens is 2. The molecule has 2 heteroatoms. The molecular weight excluding hydrogens is 641 g/mol. The summed E-state index contributed by atoms with van der Waals surface area (Å²) < 4.78 is 0. The highest BCUT2D eigenvalue weighted by Crippen LogP contribution is 2.52. The maximum Gasteiger partial charge on any atom is 0.161 e. The van der Waals surface area contributed by atoms with Crippen molar-refractivity contribution in [3.8, 4) is 67.3 Å². The van der Waals surface area contributed by atoms with Crippen LogP contribution in [0.2, 0.25) is 0 Å². The highest BCUT2D eigenvalue weighted by molar-refractivity contribution is 6.05. The van der Waals surface area contributed by atoms with E-state index in [1.165, 1.54) is 60.7 Å². The van der Waals surface area contributed by atoms with Gasteiger partial charge in [-0.15, -0.1) is 0 Å². The summed E-state index contributed by atoms with van der Waals surface area (Å²) in [5.74, 6) is 0.718. The van der Waals surface area contributed by atoms with E-state index in [-0.39, 0.29) is 5.41 Å². The number of rotatable bonds is 5. The van der Waals surface area contributed by atoms with Gasteiger partial charge in [-0.05, 0) is 90.3 Å². The summed E-state index contributed by atoms with van der Waals surface area (Å²) in [7, 11) is 0. The molecule has 0 unspecified atom stereocenters. The van der Waals surface area contributed by atoms with Crippen molar-refractivity contribution in [1.29, 1.82) is 0 Å². The number of fused-ring (bicyclic) bond motifs is 6. The van der Waals surface area contributed by atoms with Crippen molar-refractivity contribution in [3.63, 3.8) is 0 Å². The van der Waals surface area contributed by atoms with E-state index in [1.807, 2.05) is 12.1 Å². The maximum absolute atomic E-state index is 5.17. The third-order valence-corrected chi connectivity index (χ3v) is 11.1. The van der Waals surface area contributed by atoms with Crippen molar-refractivity contribution < 1.29 is 0 Å². The first-order chi connectivity index (χ1) is 26.0. The second-order valence-corrected chi connectivity index (χ2v) is 14.6. The molecule has 8 aromatic carbocycles. The van der Waals surface area contributed by atoms with Gasteiger partial charge in [-0.25, -0.2) is 9.97 Å². The van der Waals surface area contributed by atoms with E-state index >= 15 is 0 Å². The molecule has 0 saturated carbocycles. The van der Waals surface area contributed by atoms with E-state index < -0.39 is 0 Å². The molecule has 0 aliphatic heterocycles. The minimum absolute atomic E-state index is 0.0707. The molecule has 0 amide bonds. The summed E-state index contributed by atoms with van der Waals surface area (Å²) in [6.45, 7) is 4.73. The summed E-state index contributed by atoms with van der Waals surface area (Å²) in [4.78, 5) is 10.3. The van der Waals surface area contributed by atoms with Crippen molar-refractivity contribution in [2.24, 2.45) is 0 Å². The molecule has 0 saturated heterocycles. The van der Waals surface area contributed by atoms with E-state index in [9.17, 15) is 0 Å². The smallest absolute Gasteiger partial charge is 0.161 e. The average molecular weight is 677 g/mol. The monoisotopic (exact) mass is 676 g/mol. The van der Waals surface area contributed by atoms with Crippen molar-refractivity contribution in [2.75, 3.05) is 0 Å². The lowest BCUT2D eigenvalue weighted by Gasteiger charge is -2.23. The molecule has 0 spiro atoms. The van der Waals surface area contributed by atoms with Crippen LogP contribution in [0.15, 0.2) is 182 Å². The molecule has 0 bridgehead atoms. The van der Waals surface area contributed by atoms with Crippen LogP contribution >= 0.6 is 0 Å². The minimum Gasteiger partial charge on any atom is -0.228 e. The van der Waals surface area contributed by atoms with Gasteiger partial charge in [-0.2, -0.15) is 0 Å². The van der Waals surface area contributed by atoms with Crippen molar-refractivity contribution in [2.45, 2.75) is 19.3 Å². The van der Waals surface area contributed by atoms with Gasteiger partial charge in [0.05, 0.1) is 11.4 Å². The molecule has 10 rings (SSSR count). The molecule has 9 aromatic rings. The van der Waals surface area contributed by atoms with Gasteiger partial charge in [-0.1, -0.05) is 172 Å². The molecule has 0 atom stereocenters. The molecule has 250 valence electrons. The quantitative estimate of drug-likeness (QED) is 0.181. The van der Waals surface area contributed by atoms with Gasteiger partial charge in [0.2, 0.25) is 0 Å². The third kappa shape index (κ3) is 5.18. The van der Waals surface area contributed by atoms with E-state index in [4.69, 9.17) is 9.97 Å². The van der Waals surface area contributed by atoms with Crippen LogP contribution in [0.25, 0.3) is 88.8 Å². The molecule has 1 aliphatic rings. The molecule has 1 heterocycles. The molecule has 1 aliphatic carbocycles. The summed E-state index contributed by atoms with van der Waals surface area (Å²) in [6, 6.07) is 65.3. The zero-order valence-electron chi connectivity index (χ0n) is 29.7. The first-order valence-corrected chi connectivity index (χ1v) is 18.3. The van der Waals surface area contributed by atoms with E-state index in [0.29, 0.717) is 0 Å². The van der Waals surface area contributed by atoms with Gasteiger partial charge in [0.15, 0.2) is 5.82 Å². The van der Waals surface area contributed by atoms with Crippen molar-refractivity contribution in [1.82, 2.24) is 9.97 Å². The number of hydrogen-bond acceptors (Lipinski definition) is 2. The Morgan fingerprint density at radius 2 is 0.906 bits per heavy atom. The number of hydrogen-bond donors (Lipinski definition) is 0. The predicted octanol–water partition coefficient (Wildman–Crippen LogP) is 13.4. The van der Waals surface area contributed by atoms with E-state index in [0.717, 1.165) is 39.3 Å². The fourth-order valence-corrected chi connectivity index (χ4v) is 8.49. The second-order valence-electron chi connectivity index (χ2n) is 14.6. The zero-order valence-corrected chi connectivity index (χ0v) is 29.7. The Morgan fingerprint density at radius 3 is 1.62 bits per heavy atom. The van der Waals surface area contributed by atoms with E-state index in [2.05, 4.69) is 184 Å². The van der Waals surface area contributed by atoms with Gasteiger partial charge < -0.3 is 0 Å². The Balaban J connectivity index is 1.08. The lowest BCUT2D eigenvalue weighted by atomic mass is 9.80. The molecule has 2 nitrogen and oxygen atoms in total. The lowest BCUT2D eigenvalue weighted by Crippen LogP contribution is -2.15. The molecule has 0 N–H and O–H groups in total. The van der Waals surface area contributed by atoms with Crippen LogP contribution in [0.4, 0.5) is 0 Å². The first-order valence-electron chi connectivity index (χ1n) is 18.3. The van der Waals surface area contributed by atoms with Crippen LogP contribution in [-0.2, 0) is 5.41 Å². The van der Waals surface area contributed by atoms with Crippen molar-refractivity contribution >= 4 is 21.5 Å². The zero-order chi connectivity index (χ0) is 35.5. The standard InChI is InChI=1S/C51H36N2/c1-51(2)46-29-25-37(31-45(46)43-26-24-33-14-9-10-21-40(33)49(43)51)36-19-13-20-38(30-36)39-27-28-44(42-23-12-11-22-41(39)42)50-52-47(34-15-5-3-6-16-34)32-48(53-50)35-17-7-4-8-18-35/h3-32H,1-2H3. The summed E-state index contributed by atoms with van der Waals surface area (Å²) in [5, 5.41) is 4.95. The van der Waals surface area contributed by atoms with Crippen LogP contribution in [0.1, 0.15) is 25.0 Å². The molecule has 0 radical (unpaired) electrons. The Kier molecular flexibility index (Phi) is 7.19. The normalized spacial score (nSPS) is 12.9. The van der Waals surface area contributed by atoms with Gasteiger partial charge in [-0.3, -0.25) is 0 Å². The number of benzene rings is 8. The minimum atomic E-state index is -0.0707. The largest absolute Gasteiger partial charge is 0.228 e. The Morgan fingerprint density at radius 1 is 0.358 bits per heavy atom. The Labute approximate surface area is 310 Å². The summed E-state index contributed by atoms with van der Waals surface area (Å²) >= 11 is 0. The Bertz CT molecular complexity index is 2790. The SMILES string of the molecule is CC1(C)c2ccc(-c3cccc(-c4ccc(-c5nc(-c6ccccc6)cc(-c6ccccc6)n5)c5ccccc45)c3)cc2-c2ccc3ccccc3c21. The fourth-order valence-electron chi connectivity index (χ4n) is 8.49.